The highest BCUT2D eigenvalue weighted by Gasteiger charge is 2.31. The van der Waals surface area contributed by atoms with Crippen molar-refractivity contribution in [1.29, 1.82) is 0 Å². The molecule has 0 heterocycles. The molecular formula is C15H31NO2. The van der Waals surface area contributed by atoms with Crippen LogP contribution < -0.4 is 5.32 Å². The Bertz CT molecular complexity index is 221. The van der Waals surface area contributed by atoms with E-state index in [1.165, 1.54) is 19.3 Å². The predicted molar refractivity (Wildman–Crippen MR) is 75.8 cm³/mol. The number of hydrogen-bond donors (Lipinski definition) is 1. The molecule has 1 aliphatic rings. The van der Waals surface area contributed by atoms with E-state index in [0.717, 1.165) is 24.4 Å². The number of methoxy groups -OCH3 is 1. The van der Waals surface area contributed by atoms with Gasteiger partial charge in [-0.1, -0.05) is 27.2 Å². The second-order valence-corrected chi connectivity index (χ2v) is 6.14. The van der Waals surface area contributed by atoms with Crippen molar-refractivity contribution in [1.82, 2.24) is 5.32 Å². The number of nitrogens with one attached hydrogen (secondary N) is 1. The van der Waals surface area contributed by atoms with Crippen molar-refractivity contribution in [2.45, 2.75) is 52.2 Å². The Kier molecular flexibility index (Phi) is 7.20. The van der Waals surface area contributed by atoms with Crippen LogP contribution in [-0.2, 0) is 9.47 Å². The van der Waals surface area contributed by atoms with Gasteiger partial charge in [-0.2, -0.15) is 0 Å². The normalized spacial score (nSPS) is 30.7. The van der Waals surface area contributed by atoms with Gasteiger partial charge in [-0.05, 0) is 37.6 Å². The van der Waals surface area contributed by atoms with E-state index in [-0.39, 0.29) is 0 Å². The van der Waals surface area contributed by atoms with E-state index in [0.29, 0.717) is 18.8 Å². The van der Waals surface area contributed by atoms with Crippen LogP contribution >= 0.6 is 0 Å². The Hall–Kier alpha value is -0.120. The molecule has 0 amide bonds. The lowest BCUT2D eigenvalue weighted by Gasteiger charge is -2.37. The van der Waals surface area contributed by atoms with Gasteiger partial charge in [0, 0.05) is 7.11 Å². The summed E-state index contributed by atoms with van der Waals surface area (Å²) in [7, 11) is 3.71. The Morgan fingerprint density at radius 2 is 1.94 bits per heavy atom. The first-order chi connectivity index (χ1) is 8.58. The summed E-state index contributed by atoms with van der Waals surface area (Å²) in [6, 6.07) is 0.306. The van der Waals surface area contributed by atoms with E-state index >= 15 is 0 Å². The zero-order chi connectivity index (χ0) is 13.5. The SMILES string of the molecule is CNC(COC)COC1CC(C)CCC1C(C)C. The first-order valence-corrected chi connectivity index (χ1v) is 7.36. The van der Waals surface area contributed by atoms with Crippen molar-refractivity contribution in [3.63, 3.8) is 0 Å². The third-order valence-corrected chi connectivity index (χ3v) is 4.25. The topological polar surface area (TPSA) is 30.5 Å². The van der Waals surface area contributed by atoms with Crippen LogP contribution in [-0.4, -0.2) is 39.5 Å². The molecule has 1 aliphatic carbocycles. The van der Waals surface area contributed by atoms with E-state index in [1.807, 2.05) is 7.05 Å². The molecule has 0 aromatic heterocycles. The van der Waals surface area contributed by atoms with Crippen LogP contribution in [0.1, 0.15) is 40.0 Å². The lowest BCUT2D eigenvalue weighted by atomic mass is 9.75. The van der Waals surface area contributed by atoms with E-state index in [1.54, 1.807) is 7.11 Å². The highest BCUT2D eigenvalue weighted by Crippen LogP contribution is 2.35. The summed E-state index contributed by atoms with van der Waals surface area (Å²) in [6.07, 6.45) is 4.32. The van der Waals surface area contributed by atoms with Gasteiger partial charge in [-0.15, -0.1) is 0 Å². The van der Waals surface area contributed by atoms with Crippen LogP contribution in [0.4, 0.5) is 0 Å². The fourth-order valence-electron chi connectivity index (χ4n) is 2.96. The molecule has 3 nitrogen and oxygen atoms in total. The van der Waals surface area contributed by atoms with Crippen LogP contribution in [0.5, 0.6) is 0 Å². The van der Waals surface area contributed by atoms with E-state index in [4.69, 9.17) is 9.47 Å². The molecule has 108 valence electrons. The Morgan fingerprint density at radius 3 is 2.50 bits per heavy atom. The molecular weight excluding hydrogens is 226 g/mol. The van der Waals surface area contributed by atoms with Gasteiger partial charge < -0.3 is 14.8 Å². The zero-order valence-electron chi connectivity index (χ0n) is 12.7. The Morgan fingerprint density at radius 1 is 1.22 bits per heavy atom. The minimum absolute atomic E-state index is 0.306. The van der Waals surface area contributed by atoms with E-state index in [9.17, 15) is 0 Å². The zero-order valence-corrected chi connectivity index (χ0v) is 12.7. The summed E-state index contributed by atoms with van der Waals surface area (Å²) in [6.45, 7) is 8.46. The fraction of sp³-hybridized carbons (Fsp3) is 1.00. The summed E-state index contributed by atoms with van der Waals surface area (Å²) < 4.78 is 11.4. The second kappa shape index (κ2) is 8.13. The molecule has 1 N–H and O–H groups in total. The molecule has 0 radical (unpaired) electrons. The molecule has 4 atom stereocenters. The van der Waals surface area contributed by atoms with Crippen molar-refractivity contribution in [2.24, 2.45) is 17.8 Å². The molecule has 18 heavy (non-hydrogen) atoms. The highest BCUT2D eigenvalue weighted by molar-refractivity contribution is 4.82. The minimum Gasteiger partial charge on any atom is -0.383 e. The number of likely N-dealkylation sites (N-methyl/N-ethyl adjacent to an activating group) is 1. The van der Waals surface area contributed by atoms with Crippen LogP contribution in [0, 0.1) is 17.8 Å². The van der Waals surface area contributed by atoms with Gasteiger partial charge in [0.2, 0.25) is 0 Å². The highest BCUT2D eigenvalue weighted by atomic mass is 16.5. The van der Waals surface area contributed by atoms with E-state index < -0.39 is 0 Å². The Balaban J connectivity index is 2.45. The summed E-state index contributed by atoms with van der Waals surface area (Å²) in [5.74, 6) is 2.25. The lowest BCUT2D eigenvalue weighted by Crippen LogP contribution is -2.40. The van der Waals surface area contributed by atoms with Gasteiger partial charge in [0.05, 0.1) is 25.4 Å². The van der Waals surface area contributed by atoms with Crippen molar-refractivity contribution in [3.8, 4) is 0 Å². The van der Waals surface area contributed by atoms with Gasteiger partial charge in [0.25, 0.3) is 0 Å². The summed E-state index contributed by atoms with van der Waals surface area (Å²) in [5.41, 5.74) is 0. The molecule has 0 aliphatic heterocycles. The fourth-order valence-corrected chi connectivity index (χ4v) is 2.96. The van der Waals surface area contributed by atoms with Crippen molar-refractivity contribution in [3.05, 3.63) is 0 Å². The van der Waals surface area contributed by atoms with Crippen molar-refractivity contribution in [2.75, 3.05) is 27.4 Å². The molecule has 3 heteroatoms. The number of ether oxygens (including phenoxy) is 2. The third-order valence-electron chi connectivity index (χ3n) is 4.25. The smallest absolute Gasteiger partial charge is 0.0646 e. The van der Waals surface area contributed by atoms with Crippen LogP contribution in [0.25, 0.3) is 0 Å². The second-order valence-electron chi connectivity index (χ2n) is 6.14. The van der Waals surface area contributed by atoms with Crippen molar-refractivity contribution < 1.29 is 9.47 Å². The first kappa shape index (κ1) is 15.9. The molecule has 4 unspecified atom stereocenters. The third kappa shape index (κ3) is 4.87. The molecule has 1 fully saturated rings. The summed E-state index contributed by atoms with van der Waals surface area (Å²) in [5, 5.41) is 3.25. The molecule has 0 spiro atoms. The summed E-state index contributed by atoms with van der Waals surface area (Å²) >= 11 is 0. The van der Waals surface area contributed by atoms with Crippen LogP contribution in [0.15, 0.2) is 0 Å². The predicted octanol–water partition coefficient (Wildman–Crippen LogP) is 2.70. The average molecular weight is 257 g/mol. The standard InChI is InChI=1S/C15H31NO2/c1-11(2)14-7-6-12(3)8-15(14)18-10-13(16-4)9-17-5/h11-16H,6-10H2,1-5H3. The van der Waals surface area contributed by atoms with E-state index in [2.05, 4.69) is 26.1 Å². The molecule has 0 saturated heterocycles. The summed E-state index contributed by atoms with van der Waals surface area (Å²) in [4.78, 5) is 0. The van der Waals surface area contributed by atoms with Gasteiger partial charge >= 0.3 is 0 Å². The number of rotatable bonds is 7. The molecule has 0 aromatic carbocycles. The van der Waals surface area contributed by atoms with Crippen LogP contribution in [0.3, 0.4) is 0 Å². The molecule has 0 bridgehead atoms. The minimum atomic E-state index is 0.306. The largest absolute Gasteiger partial charge is 0.383 e. The average Bonchev–Trinajstić information content (AvgIpc) is 2.34. The maximum absolute atomic E-state index is 6.19. The van der Waals surface area contributed by atoms with Gasteiger partial charge in [0.1, 0.15) is 0 Å². The monoisotopic (exact) mass is 257 g/mol. The molecule has 0 aromatic rings. The Labute approximate surface area is 113 Å². The molecule has 1 rings (SSSR count). The maximum Gasteiger partial charge on any atom is 0.0646 e. The van der Waals surface area contributed by atoms with Gasteiger partial charge in [-0.25, -0.2) is 0 Å². The number of hydrogen-bond acceptors (Lipinski definition) is 3. The van der Waals surface area contributed by atoms with Gasteiger partial charge in [0.15, 0.2) is 0 Å². The maximum atomic E-state index is 6.19. The first-order valence-electron chi connectivity index (χ1n) is 7.36. The van der Waals surface area contributed by atoms with Gasteiger partial charge in [-0.3, -0.25) is 0 Å². The van der Waals surface area contributed by atoms with Crippen LogP contribution in [0.2, 0.25) is 0 Å². The lowest BCUT2D eigenvalue weighted by molar-refractivity contribution is -0.0510. The van der Waals surface area contributed by atoms with Crippen molar-refractivity contribution >= 4 is 0 Å². The molecule has 1 saturated carbocycles. The quantitative estimate of drug-likeness (QED) is 0.760.